The van der Waals surface area contributed by atoms with Gasteiger partial charge in [0.05, 0.1) is 12.2 Å². The van der Waals surface area contributed by atoms with E-state index >= 15 is 0 Å². The summed E-state index contributed by atoms with van der Waals surface area (Å²) in [5.74, 6) is -2.82. The van der Waals surface area contributed by atoms with Gasteiger partial charge in [-0.15, -0.1) is 0 Å². The molecule has 2 heterocycles. The Kier molecular flexibility index (Phi) is 13.5. The van der Waals surface area contributed by atoms with Crippen LogP contribution in [0.25, 0.3) is 0 Å². The first-order valence-electron chi connectivity index (χ1n) is 17.7. The SMILES string of the molecule is CCC[C@H](NC(=O)CC1[C@H]2CCC[C@H]2CN1C(=O)[C@@H](NC(=O)[C@@H](NC(=O)c1cnccn1)C(C)(C)C)C(C)(C)C)C(=O)C(=O)N[C@@H](C)CC. The number of fused-ring (bicyclic) bond motifs is 1. The van der Waals surface area contributed by atoms with Crippen LogP contribution in [0, 0.1) is 22.7 Å². The zero-order chi connectivity index (χ0) is 36.7. The Balaban J connectivity index is 1.82. The molecule has 1 saturated heterocycles. The van der Waals surface area contributed by atoms with E-state index in [0.29, 0.717) is 25.8 Å². The third-order valence-corrected chi connectivity index (χ3v) is 9.76. The molecule has 4 N–H and O–H groups in total. The van der Waals surface area contributed by atoms with Crippen LogP contribution in [-0.2, 0) is 24.0 Å². The molecular formula is C36H57N7O6. The summed E-state index contributed by atoms with van der Waals surface area (Å²) in [7, 11) is 0. The van der Waals surface area contributed by atoms with Gasteiger partial charge in [-0.1, -0.05) is 68.2 Å². The number of nitrogens with one attached hydrogen (secondary N) is 4. The second-order valence-electron chi connectivity index (χ2n) is 15.8. The first-order valence-corrected chi connectivity index (χ1v) is 17.7. The van der Waals surface area contributed by atoms with Crippen LogP contribution in [0.3, 0.4) is 0 Å². The Morgan fingerprint density at radius 3 is 2.14 bits per heavy atom. The Bertz CT molecular complexity index is 1360. The fourth-order valence-corrected chi connectivity index (χ4v) is 6.83. The van der Waals surface area contributed by atoms with E-state index < -0.39 is 64.4 Å². The molecule has 1 aliphatic carbocycles. The Labute approximate surface area is 290 Å². The van der Waals surface area contributed by atoms with Crippen LogP contribution >= 0.6 is 0 Å². The molecule has 2 fully saturated rings. The van der Waals surface area contributed by atoms with Gasteiger partial charge < -0.3 is 26.2 Å². The minimum Gasteiger partial charge on any atom is -0.347 e. The van der Waals surface area contributed by atoms with Crippen molar-refractivity contribution in [1.82, 2.24) is 36.1 Å². The highest BCUT2D eigenvalue weighted by molar-refractivity contribution is 6.38. The maximum Gasteiger partial charge on any atom is 0.289 e. The fraction of sp³-hybridized carbons (Fsp3) is 0.722. The highest BCUT2D eigenvalue weighted by atomic mass is 16.2. The largest absolute Gasteiger partial charge is 0.347 e. The van der Waals surface area contributed by atoms with Crippen molar-refractivity contribution in [2.75, 3.05) is 6.54 Å². The first kappa shape index (κ1) is 39.5. The molecule has 49 heavy (non-hydrogen) atoms. The zero-order valence-electron chi connectivity index (χ0n) is 30.7. The van der Waals surface area contributed by atoms with E-state index in [9.17, 15) is 28.8 Å². The number of hydrogen-bond donors (Lipinski definition) is 4. The van der Waals surface area contributed by atoms with E-state index in [0.717, 1.165) is 19.3 Å². The van der Waals surface area contributed by atoms with Crippen molar-refractivity contribution in [3.05, 3.63) is 24.3 Å². The number of carbonyl (C=O) groups excluding carboxylic acids is 6. The third kappa shape index (κ3) is 10.3. The Hall–Kier alpha value is -3.90. The van der Waals surface area contributed by atoms with Gasteiger partial charge in [-0.3, -0.25) is 33.8 Å². The molecular weight excluding hydrogens is 626 g/mol. The van der Waals surface area contributed by atoms with Crippen LogP contribution in [0.15, 0.2) is 18.6 Å². The van der Waals surface area contributed by atoms with Crippen LogP contribution in [0.5, 0.6) is 0 Å². The Morgan fingerprint density at radius 2 is 1.57 bits per heavy atom. The molecule has 1 saturated carbocycles. The van der Waals surface area contributed by atoms with E-state index in [-0.39, 0.29) is 35.9 Å². The topological polar surface area (TPSA) is 180 Å². The van der Waals surface area contributed by atoms with Gasteiger partial charge in [0.25, 0.3) is 11.8 Å². The zero-order valence-corrected chi connectivity index (χ0v) is 30.7. The fourth-order valence-electron chi connectivity index (χ4n) is 6.83. The smallest absolute Gasteiger partial charge is 0.289 e. The third-order valence-electron chi connectivity index (χ3n) is 9.76. The van der Waals surface area contributed by atoms with Gasteiger partial charge in [-0.2, -0.15) is 0 Å². The number of Topliss-reactive ketones (excluding diaryl/α,β-unsaturated/α-hetero) is 1. The molecule has 0 radical (unpaired) electrons. The van der Waals surface area contributed by atoms with Gasteiger partial charge in [0.2, 0.25) is 23.5 Å². The maximum absolute atomic E-state index is 14.5. The van der Waals surface area contributed by atoms with E-state index in [4.69, 9.17) is 0 Å². The van der Waals surface area contributed by atoms with E-state index in [1.807, 2.05) is 62.3 Å². The van der Waals surface area contributed by atoms with Gasteiger partial charge in [0, 0.05) is 37.4 Å². The predicted molar refractivity (Wildman–Crippen MR) is 185 cm³/mol. The molecule has 272 valence electrons. The summed E-state index contributed by atoms with van der Waals surface area (Å²) in [6, 6.07) is -3.51. The maximum atomic E-state index is 14.5. The number of amides is 5. The summed E-state index contributed by atoms with van der Waals surface area (Å²) in [6.45, 7) is 17.1. The molecule has 0 spiro atoms. The summed E-state index contributed by atoms with van der Waals surface area (Å²) in [4.78, 5) is 90.3. The molecule has 13 nitrogen and oxygen atoms in total. The average Bonchev–Trinajstić information content (AvgIpc) is 3.63. The number of rotatable bonds is 14. The van der Waals surface area contributed by atoms with Gasteiger partial charge in [0.1, 0.15) is 17.8 Å². The van der Waals surface area contributed by atoms with E-state index in [1.54, 1.807) is 4.90 Å². The second kappa shape index (κ2) is 16.7. The van der Waals surface area contributed by atoms with E-state index in [1.165, 1.54) is 18.6 Å². The molecule has 1 aromatic heterocycles. The van der Waals surface area contributed by atoms with Crippen molar-refractivity contribution in [3.8, 4) is 0 Å². The van der Waals surface area contributed by atoms with Crippen molar-refractivity contribution in [3.63, 3.8) is 0 Å². The molecule has 0 aromatic carbocycles. The predicted octanol–water partition coefficient (Wildman–Crippen LogP) is 2.94. The molecule has 2 aliphatic rings. The molecule has 5 amide bonds. The second-order valence-corrected chi connectivity index (χ2v) is 15.8. The van der Waals surface area contributed by atoms with Crippen LogP contribution in [0.1, 0.15) is 118 Å². The van der Waals surface area contributed by atoms with Crippen LogP contribution in [-0.4, -0.2) is 86.9 Å². The highest BCUT2D eigenvalue weighted by Gasteiger charge is 2.50. The van der Waals surface area contributed by atoms with Crippen molar-refractivity contribution in [1.29, 1.82) is 0 Å². The number of nitrogens with zero attached hydrogens (tertiary/aromatic N) is 3. The van der Waals surface area contributed by atoms with Gasteiger partial charge >= 0.3 is 0 Å². The van der Waals surface area contributed by atoms with Crippen molar-refractivity contribution in [2.24, 2.45) is 22.7 Å². The quantitative estimate of drug-likeness (QED) is 0.216. The lowest BCUT2D eigenvalue weighted by Crippen LogP contribution is -2.61. The highest BCUT2D eigenvalue weighted by Crippen LogP contribution is 2.44. The van der Waals surface area contributed by atoms with Crippen molar-refractivity contribution in [2.45, 2.75) is 137 Å². The summed E-state index contributed by atoms with van der Waals surface area (Å²) >= 11 is 0. The molecule has 1 aliphatic heterocycles. The van der Waals surface area contributed by atoms with Crippen molar-refractivity contribution >= 4 is 35.3 Å². The molecule has 1 unspecified atom stereocenters. The average molecular weight is 684 g/mol. The van der Waals surface area contributed by atoms with Gasteiger partial charge in [-0.05, 0) is 55.3 Å². The number of carbonyl (C=O) groups is 6. The molecule has 0 bridgehead atoms. The number of ketones is 1. The summed E-state index contributed by atoms with van der Waals surface area (Å²) < 4.78 is 0. The summed E-state index contributed by atoms with van der Waals surface area (Å²) in [5, 5.41) is 11.2. The minimum absolute atomic E-state index is 0.0169. The number of aromatic nitrogens is 2. The lowest BCUT2D eigenvalue weighted by Gasteiger charge is -2.38. The molecule has 1 aromatic rings. The lowest BCUT2D eigenvalue weighted by molar-refractivity contribution is -0.142. The monoisotopic (exact) mass is 683 g/mol. The molecule has 3 rings (SSSR count). The van der Waals surface area contributed by atoms with Crippen LogP contribution < -0.4 is 21.3 Å². The summed E-state index contributed by atoms with van der Waals surface area (Å²) in [5.41, 5.74) is -1.36. The van der Waals surface area contributed by atoms with Crippen LogP contribution in [0.2, 0.25) is 0 Å². The first-order chi connectivity index (χ1) is 22.9. The lowest BCUT2D eigenvalue weighted by atomic mass is 9.82. The summed E-state index contributed by atoms with van der Waals surface area (Å²) in [6.07, 6.45) is 8.53. The van der Waals surface area contributed by atoms with Gasteiger partial charge in [0.15, 0.2) is 0 Å². The minimum atomic E-state index is -0.996. The molecule has 13 heteroatoms. The molecule has 7 atom stereocenters. The number of likely N-dealkylation sites (tertiary alicyclic amines) is 1. The van der Waals surface area contributed by atoms with Crippen LogP contribution in [0.4, 0.5) is 0 Å². The standard InChI is InChI=1S/C36H57N7O6/c1-10-13-24(28(45)32(47)39-21(3)11-2)40-27(44)18-26-23-15-12-14-22(23)20-43(26)34(49)30(36(7,8)9)42-33(48)29(35(4,5)6)41-31(46)25-19-37-16-17-38-25/h16-17,19,21-24,26,29-30H,10-15,18,20H2,1-9H3,(H,39,47)(H,40,44)(H,41,46)(H,42,48)/t21-,22-,23-,24-,26?,29+,30+/m0/s1. The Morgan fingerprint density at radius 1 is 0.898 bits per heavy atom. The van der Waals surface area contributed by atoms with Gasteiger partial charge in [-0.25, -0.2) is 4.98 Å². The van der Waals surface area contributed by atoms with Crippen molar-refractivity contribution < 1.29 is 28.8 Å². The van der Waals surface area contributed by atoms with E-state index in [2.05, 4.69) is 31.2 Å². The number of hydrogen-bond acceptors (Lipinski definition) is 8. The normalized spacial score (nSPS) is 21.5.